The molecule has 1 aromatic rings. The summed E-state index contributed by atoms with van der Waals surface area (Å²) in [6, 6.07) is 3.68. The van der Waals surface area contributed by atoms with E-state index in [0.717, 1.165) is 5.56 Å². The third-order valence-corrected chi connectivity index (χ3v) is 3.82. The van der Waals surface area contributed by atoms with E-state index >= 15 is 0 Å². The molecule has 0 aliphatic heterocycles. The van der Waals surface area contributed by atoms with E-state index in [9.17, 15) is 5.11 Å². The quantitative estimate of drug-likeness (QED) is 0.318. The van der Waals surface area contributed by atoms with E-state index in [1.807, 2.05) is 13.0 Å². The van der Waals surface area contributed by atoms with Gasteiger partial charge in [-0.2, -0.15) is 11.8 Å². The smallest absolute Gasteiger partial charge is 0.189 e. The summed E-state index contributed by atoms with van der Waals surface area (Å²) in [5.74, 6) is 0.664. The highest BCUT2D eigenvalue weighted by atomic mass is 32.2. The van der Waals surface area contributed by atoms with Gasteiger partial charge in [0.1, 0.15) is 5.69 Å². The van der Waals surface area contributed by atoms with Crippen molar-refractivity contribution >= 4 is 17.6 Å². The molecule has 0 aromatic carbocycles. The van der Waals surface area contributed by atoms with Crippen molar-refractivity contribution in [3.8, 4) is 0 Å². The molecule has 0 aliphatic carbocycles. The highest BCUT2D eigenvalue weighted by molar-refractivity contribution is 7.99. The molecule has 94 valence electrons. The van der Waals surface area contributed by atoms with Gasteiger partial charge in [-0.15, -0.1) is 0 Å². The summed E-state index contributed by atoms with van der Waals surface area (Å²) in [7, 11) is 0. The van der Waals surface area contributed by atoms with E-state index in [0.29, 0.717) is 11.4 Å². The molecular formula is C11H17N3O2S. The van der Waals surface area contributed by atoms with Crippen molar-refractivity contribution in [1.29, 1.82) is 0 Å². The number of rotatable bonds is 5. The van der Waals surface area contributed by atoms with Gasteiger partial charge in [0.05, 0.1) is 6.10 Å². The second-order valence-electron chi connectivity index (χ2n) is 3.75. The van der Waals surface area contributed by atoms with Gasteiger partial charge in [0.25, 0.3) is 0 Å². The Balaban J connectivity index is 2.78. The maximum atomic E-state index is 9.40. The van der Waals surface area contributed by atoms with E-state index in [1.165, 1.54) is 0 Å². The standard InChI is InChI=1S/C11H17N3O2S/c1-7(15)8(2)17-6-9-4-3-5-13-10(9)11(12)14-16/h3-5,7-8,15-16H,6H2,1-2H3,(H2,12,14). The molecule has 4 N–H and O–H groups in total. The Labute approximate surface area is 105 Å². The summed E-state index contributed by atoms with van der Waals surface area (Å²) in [5, 5.41) is 21.1. The van der Waals surface area contributed by atoms with Crippen molar-refractivity contribution in [3.05, 3.63) is 29.6 Å². The monoisotopic (exact) mass is 255 g/mol. The van der Waals surface area contributed by atoms with Crippen molar-refractivity contribution in [2.75, 3.05) is 0 Å². The SMILES string of the molecule is CC(O)C(C)SCc1cccnc1/C(N)=N/O. The number of thioether (sulfide) groups is 1. The minimum atomic E-state index is -0.371. The third-order valence-electron chi connectivity index (χ3n) is 2.42. The van der Waals surface area contributed by atoms with Gasteiger partial charge in [0, 0.05) is 17.2 Å². The van der Waals surface area contributed by atoms with Gasteiger partial charge in [-0.3, -0.25) is 4.98 Å². The molecule has 1 heterocycles. The molecule has 1 aromatic heterocycles. The van der Waals surface area contributed by atoms with Crippen LogP contribution in [0.5, 0.6) is 0 Å². The number of nitrogens with two attached hydrogens (primary N) is 1. The van der Waals surface area contributed by atoms with E-state index in [1.54, 1.807) is 30.9 Å². The van der Waals surface area contributed by atoms with Gasteiger partial charge in [-0.25, -0.2) is 0 Å². The molecule has 0 amide bonds. The van der Waals surface area contributed by atoms with Crippen molar-refractivity contribution in [2.45, 2.75) is 31.0 Å². The van der Waals surface area contributed by atoms with Crippen LogP contribution in [0.2, 0.25) is 0 Å². The van der Waals surface area contributed by atoms with Crippen LogP contribution in [0.3, 0.4) is 0 Å². The molecule has 0 aliphatic rings. The summed E-state index contributed by atoms with van der Waals surface area (Å²) in [4.78, 5) is 4.08. The number of aliphatic hydroxyl groups is 1. The zero-order valence-corrected chi connectivity index (χ0v) is 10.7. The molecule has 5 nitrogen and oxygen atoms in total. The minimum Gasteiger partial charge on any atom is -0.409 e. The van der Waals surface area contributed by atoms with Crippen LogP contribution in [0, 0.1) is 0 Å². The summed E-state index contributed by atoms with van der Waals surface area (Å²) in [6.45, 7) is 3.71. The number of nitrogens with zero attached hydrogens (tertiary/aromatic N) is 2. The molecule has 2 unspecified atom stereocenters. The largest absolute Gasteiger partial charge is 0.409 e. The fraction of sp³-hybridized carbons (Fsp3) is 0.455. The Morgan fingerprint density at radius 1 is 1.59 bits per heavy atom. The average Bonchev–Trinajstić information content (AvgIpc) is 2.35. The topological polar surface area (TPSA) is 91.7 Å². The maximum absolute atomic E-state index is 9.40. The Bertz CT molecular complexity index is 396. The second-order valence-corrected chi connectivity index (χ2v) is 5.12. The fourth-order valence-corrected chi connectivity index (χ4v) is 2.15. The molecule has 17 heavy (non-hydrogen) atoms. The van der Waals surface area contributed by atoms with Crippen molar-refractivity contribution < 1.29 is 10.3 Å². The number of pyridine rings is 1. The summed E-state index contributed by atoms with van der Waals surface area (Å²) >= 11 is 1.60. The van der Waals surface area contributed by atoms with Gasteiger partial charge in [0.2, 0.25) is 0 Å². The number of aliphatic hydroxyl groups excluding tert-OH is 1. The molecule has 0 radical (unpaired) electrons. The Kier molecular flexibility index (Phi) is 5.24. The number of amidine groups is 1. The van der Waals surface area contributed by atoms with Crippen LogP contribution in [0.4, 0.5) is 0 Å². The molecule has 6 heteroatoms. The van der Waals surface area contributed by atoms with Gasteiger partial charge in [0.15, 0.2) is 5.84 Å². The zero-order chi connectivity index (χ0) is 12.8. The van der Waals surface area contributed by atoms with Crippen molar-refractivity contribution in [3.63, 3.8) is 0 Å². The van der Waals surface area contributed by atoms with Crippen LogP contribution in [-0.2, 0) is 5.75 Å². The molecule has 0 saturated heterocycles. The first-order chi connectivity index (χ1) is 8.06. The Morgan fingerprint density at radius 2 is 2.29 bits per heavy atom. The van der Waals surface area contributed by atoms with Gasteiger partial charge < -0.3 is 16.0 Å². The maximum Gasteiger partial charge on any atom is 0.189 e. The van der Waals surface area contributed by atoms with Gasteiger partial charge in [-0.1, -0.05) is 18.1 Å². The van der Waals surface area contributed by atoms with E-state index < -0.39 is 0 Å². The molecule has 0 bridgehead atoms. The summed E-state index contributed by atoms with van der Waals surface area (Å²) in [5.41, 5.74) is 6.92. The van der Waals surface area contributed by atoms with Crippen molar-refractivity contribution in [1.82, 2.24) is 4.98 Å². The first-order valence-electron chi connectivity index (χ1n) is 5.27. The van der Waals surface area contributed by atoms with Crippen LogP contribution in [0.15, 0.2) is 23.5 Å². The predicted molar refractivity (Wildman–Crippen MR) is 69.2 cm³/mol. The molecule has 1 rings (SSSR count). The Hall–Kier alpha value is -1.27. The van der Waals surface area contributed by atoms with Crippen LogP contribution in [-0.4, -0.2) is 32.5 Å². The lowest BCUT2D eigenvalue weighted by molar-refractivity contribution is 0.196. The van der Waals surface area contributed by atoms with Crippen molar-refractivity contribution in [2.24, 2.45) is 10.9 Å². The van der Waals surface area contributed by atoms with E-state index in [-0.39, 0.29) is 17.2 Å². The lowest BCUT2D eigenvalue weighted by Crippen LogP contribution is -2.18. The van der Waals surface area contributed by atoms with E-state index in [2.05, 4.69) is 10.1 Å². The average molecular weight is 255 g/mol. The molecular weight excluding hydrogens is 238 g/mol. The van der Waals surface area contributed by atoms with Crippen LogP contribution >= 0.6 is 11.8 Å². The second kappa shape index (κ2) is 6.46. The van der Waals surface area contributed by atoms with Crippen LogP contribution < -0.4 is 5.73 Å². The third kappa shape index (κ3) is 3.90. The fourth-order valence-electron chi connectivity index (χ4n) is 1.19. The first-order valence-corrected chi connectivity index (χ1v) is 6.32. The van der Waals surface area contributed by atoms with Crippen LogP contribution in [0.25, 0.3) is 0 Å². The molecule has 0 saturated carbocycles. The molecule has 0 fully saturated rings. The normalized spacial score (nSPS) is 15.6. The molecule has 2 atom stereocenters. The first kappa shape index (κ1) is 13.8. The predicted octanol–water partition coefficient (Wildman–Crippen LogP) is 1.18. The number of hydrogen-bond acceptors (Lipinski definition) is 5. The zero-order valence-electron chi connectivity index (χ0n) is 9.87. The summed E-state index contributed by atoms with van der Waals surface area (Å²) in [6.07, 6.45) is 1.23. The highest BCUT2D eigenvalue weighted by Gasteiger charge is 2.12. The van der Waals surface area contributed by atoms with E-state index in [4.69, 9.17) is 10.9 Å². The summed E-state index contributed by atoms with van der Waals surface area (Å²) < 4.78 is 0. The number of hydrogen-bond donors (Lipinski definition) is 3. The lowest BCUT2D eigenvalue weighted by Gasteiger charge is -2.14. The number of oxime groups is 1. The van der Waals surface area contributed by atoms with Gasteiger partial charge in [-0.05, 0) is 18.6 Å². The van der Waals surface area contributed by atoms with Crippen LogP contribution in [0.1, 0.15) is 25.1 Å². The highest BCUT2D eigenvalue weighted by Crippen LogP contribution is 2.21. The molecule has 0 spiro atoms. The number of aromatic nitrogens is 1. The minimum absolute atomic E-state index is 0.00546. The Morgan fingerprint density at radius 3 is 2.88 bits per heavy atom. The van der Waals surface area contributed by atoms with Gasteiger partial charge >= 0.3 is 0 Å². The lowest BCUT2D eigenvalue weighted by atomic mass is 10.2.